The van der Waals surface area contributed by atoms with Gasteiger partial charge in [0.2, 0.25) is 0 Å². The number of aryl methyl sites for hydroxylation is 1. The van der Waals surface area contributed by atoms with Crippen LogP contribution in [0.3, 0.4) is 0 Å². The van der Waals surface area contributed by atoms with Crippen molar-refractivity contribution in [3.63, 3.8) is 0 Å². The van der Waals surface area contributed by atoms with Gasteiger partial charge in [-0.3, -0.25) is 4.57 Å². The van der Waals surface area contributed by atoms with Crippen molar-refractivity contribution in [3.05, 3.63) is 54.1 Å². The van der Waals surface area contributed by atoms with Crippen molar-refractivity contribution >= 4 is 22.6 Å². The summed E-state index contributed by atoms with van der Waals surface area (Å²) in [5, 5.41) is 33.0. The van der Waals surface area contributed by atoms with Crippen LogP contribution < -0.4 is 5.32 Å². The molecular formula is C21H23N5O4. The van der Waals surface area contributed by atoms with E-state index in [1.807, 2.05) is 6.07 Å². The number of allylic oxidation sites excluding steroid dienone is 1. The summed E-state index contributed by atoms with van der Waals surface area (Å²) < 4.78 is 7.16. The van der Waals surface area contributed by atoms with E-state index in [4.69, 9.17) is 4.74 Å². The average molecular weight is 409 g/mol. The number of benzene rings is 1. The first-order valence-electron chi connectivity index (χ1n) is 9.98. The molecule has 1 saturated heterocycles. The summed E-state index contributed by atoms with van der Waals surface area (Å²) in [7, 11) is 0. The molecule has 156 valence electrons. The highest BCUT2D eigenvalue weighted by molar-refractivity contribution is 5.84. The molecule has 1 aliphatic heterocycles. The lowest BCUT2D eigenvalue weighted by molar-refractivity contribution is -0.0511. The van der Waals surface area contributed by atoms with Crippen LogP contribution in [0.15, 0.2) is 43.0 Å². The Kier molecular flexibility index (Phi) is 4.95. The molecule has 0 bridgehead atoms. The van der Waals surface area contributed by atoms with Gasteiger partial charge in [-0.1, -0.05) is 30.3 Å². The lowest BCUT2D eigenvalue weighted by atomic mass is 9.91. The zero-order valence-electron chi connectivity index (χ0n) is 16.2. The Bertz CT molecular complexity index is 1100. The number of rotatable bonds is 5. The molecule has 4 unspecified atom stereocenters. The van der Waals surface area contributed by atoms with E-state index in [-0.39, 0.29) is 6.61 Å². The number of nitrogens with one attached hydrogen (secondary N) is 1. The summed E-state index contributed by atoms with van der Waals surface area (Å²) in [4.78, 5) is 13.0. The van der Waals surface area contributed by atoms with E-state index in [9.17, 15) is 15.3 Å². The van der Waals surface area contributed by atoms with Gasteiger partial charge in [-0.2, -0.15) is 0 Å². The van der Waals surface area contributed by atoms with Crippen LogP contribution in [-0.4, -0.2) is 66.3 Å². The van der Waals surface area contributed by atoms with Crippen LogP contribution in [0.5, 0.6) is 0 Å². The van der Waals surface area contributed by atoms with Gasteiger partial charge < -0.3 is 25.4 Å². The molecule has 9 nitrogen and oxygen atoms in total. The van der Waals surface area contributed by atoms with Crippen molar-refractivity contribution in [1.29, 1.82) is 0 Å². The normalized spacial score (nSPS) is 25.9. The molecule has 1 aromatic carbocycles. The van der Waals surface area contributed by atoms with Crippen LogP contribution in [0.2, 0.25) is 0 Å². The highest BCUT2D eigenvalue weighted by Gasteiger charge is 2.44. The maximum absolute atomic E-state index is 10.3. The van der Waals surface area contributed by atoms with Crippen molar-refractivity contribution in [1.82, 2.24) is 19.5 Å². The molecule has 0 saturated carbocycles. The van der Waals surface area contributed by atoms with Crippen LogP contribution >= 0.6 is 0 Å². The molecule has 5 rings (SSSR count). The zero-order valence-corrected chi connectivity index (χ0v) is 16.2. The molecule has 3 aromatic rings. The van der Waals surface area contributed by atoms with Crippen LogP contribution in [0.1, 0.15) is 23.8 Å². The number of fused-ring (bicyclic) bond motifs is 2. The number of anilines is 1. The smallest absolute Gasteiger partial charge is 0.167 e. The Morgan fingerprint density at radius 3 is 2.83 bits per heavy atom. The Morgan fingerprint density at radius 2 is 2.00 bits per heavy atom. The minimum atomic E-state index is -1.20. The van der Waals surface area contributed by atoms with E-state index in [1.54, 1.807) is 4.57 Å². The topological polar surface area (TPSA) is 126 Å². The SMILES string of the molecule is OCC1OC(n2cnc3c(NCC4=CCCc5ccccc54)ncnc32)C(O)C1O. The molecule has 0 spiro atoms. The number of aromatic nitrogens is 4. The summed E-state index contributed by atoms with van der Waals surface area (Å²) in [5.74, 6) is 0.578. The second kappa shape index (κ2) is 7.77. The number of hydrogen-bond acceptors (Lipinski definition) is 8. The van der Waals surface area contributed by atoms with Crippen LogP contribution in [-0.2, 0) is 11.2 Å². The van der Waals surface area contributed by atoms with Gasteiger partial charge in [-0.25, -0.2) is 15.0 Å². The fraction of sp³-hybridized carbons (Fsp3) is 0.381. The monoisotopic (exact) mass is 409 g/mol. The van der Waals surface area contributed by atoms with Gasteiger partial charge in [0.1, 0.15) is 24.6 Å². The van der Waals surface area contributed by atoms with Gasteiger partial charge in [0.15, 0.2) is 23.2 Å². The van der Waals surface area contributed by atoms with E-state index in [1.165, 1.54) is 29.4 Å². The van der Waals surface area contributed by atoms with E-state index < -0.39 is 24.5 Å². The molecule has 2 aliphatic rings. The van der Waals surface area contributed by atoms with Crippen molar-refractivity contribution in [2.45, 2.75) is 37.4 Å². The van der Waals surface area contributed by atoms with Crippen molar-refractivity contribution in [2.24, 2.45) is 0 Å². The Hall–Kier alpha value is -2.85. The highest BCUT2D eigenvalue weighted by Crippen LogP contribution is 2.32. The quantitative estimate of drug-likeness (QED) is 0.489. The predicted octanol–water partition coefficient (Wildman–Crippen LogP) is 0.879. The summed E-state index contributed by atoms with van der Waals surface area (Å²) in [6, 6.07) is 8.40. The van der Waals surface area contributed by atoms with Crippen molar-refractivity contribution in [3.8, 4) is 0 Å². The van der Waals surface area contributed by atoms with Crippen molar-refractivity contribution < 1.29 is 20.1 Å². The zero-order chi connectivity index (χ0) is 20.7. The lowest BCUT2D eigenvalue weighted by Gasteiger charge is -2.18. The molecule has 2 aromatic heterocycles. The molecule has 4 atom stereocenters. The van der Waals surface area contributed by atoms with Gasteiger partial charge in [-0.15, -0.1) is 0 Å². The molecule has 9 heteroatoms. The molecule has 1 fully saturated rings. The Labute approximate surface area is 172 Å². The maximum atomic E-state index is 10.3. The number of ether oxygens (including phenoxy) is 1. The number of imidazole rings is 1. The summed E-state index contributed by atoms with van der Waals surface area (Å²) in [5.41, 5.74) is 4.82. The highest BCUT2D eigenvalue weighted by atomic mass is 16.6. The van der Waals surface area contributed by atoms with E-state index in [0.29, 0.717) is 23.5 Å². The molecule has 1 aliphatic carbocycles. The fourth-order valence-electron chi connectivity index (χ4n) is 4.19. The first kappa shape index (κ1) is 19.1. The maximum Gasteiger partial charge on any atom is 0.167 e. The number of nitrogens with zero attached hydrogens (tertiary/aromatic N) is 4. The second-order valence-corrected chi connectivity index (χ2v) is 7.55. The molecule has 3 heterocycles. The van der Waals surface area contributed by atoms with Gasteiger partial charge in [0.05, 0.1) is 12.9 Å². The van der Waals surface area contributed by atoms with E-state index >= 15 is 0 Å². The molecule has 30 heavy (non-hydrogen) atoms. The first-order chi connectivity index (χ1) is 14.7. The van der Waals surface area contributed by atoms with E-state index in [2.05, 4.69) is 44.5 Å². The summed E-state index contributed by atoms with van der Waals surface area (Å²) in [6.07, 6.45) is 3.08. The first-order valence-corrected chi connectivity index (χ1v) is 9.98. The lowest BCUT2D eigenvalue weighted by Crippen LogP contribution is -2.33. The number of aliphatic hydroxyl groups excluding tert-OH is 3. The minimum absolute atomic E-state index is 0.389. The van der Waals surface area contributed by atoms with Crippen LogP contribution in [0.4, 0.5) is 5.82 Å². The minimum Gasteiger partial charge on any atom is -0.394 e. The largest absolute Gasteiger partial charge is 0.394 e. The van der Waals surface area contributed by atoms with E-state index in [0.717, 1.165) is 12.8 Å². The van der Waals surface area contributed by atoms with Gasteiger partial charge >= 0.3 is 0 Å². The average Bonchev–Trinajstić information content (AvgIpc) is 3.33. The van der Waals surface area contributed by atoms with Crippen LogP contribution in [0, 0.1) is 0 Å². The predicted molar refractivity (Wildman–Crippen MR) is 110 cm³/mol. The Balaban J connectivity index is 1.40. The third-order valence-electron chi connectivity index (χ3n) is 5.76. The summed E-state index contributed by atoms with van der Waals surface area (Å²) in [6.45, 7) is 0.212. The second-order valence-electron chi connectivity index (χ2n) is 7.55. The number of aliphatic hydroxyl groups is 3. The molecule has 0 amide bonds. The van der Waals surface area contributed by atoms with Gasteiger partial charge in [0.25, 0.3) is 0 Å². The van der Waals surface area contributed by atoms with Gasteiger partial charge in [0, 0.05) is 6.54 Å². The fourth-order valence-corrected chi connectivity index (χ4v) is 4.19. The third-order valence-corrected chi connectivity index (χ3v) is 5.76. The van der Waals surface area contributed by atoms with Crippen LogP contribution in [0.25, 0.3) is 16.7 Å². The summed E-state index contributed by atoms with van der Waals surface area (Å²) >= 11 is 0. The molecule has 0 radical (unpaired) electrons. The standard InChI is InChI=1S/C21H23N5O4/c27-9-15-17(28)18(29)21(30-15)26-11-25-16-19(23-10-24-20(16)26)22-8-13-6-3-5-12-4-1-2-7-14(12)13/h1-2,4,6-7,10-11,15,17-18,21,27-29H,3,5,8-9H2,(H,22,23,24). The molecule has 4 N–H and O–H groups in total. The molecular weight excluding hydrogens is 386 g/mol. The van der Waals surface area contributed by atoms with Crippen molar-refractivity contribution in [2.75, 3.05) is 18.5 Å². The number of hydrogen-bond donors (Lipinski definition) is 4. The Morgan fingerprint density at radius 1 is 1.13 bits per heavy atom. The van der Waals surface area contributed by atoms with Gasteiger partial charge in [-0.05, 0) is 29.5 Å². The third kappa shape index (κ3) is 3.16.